The second-order valence-electron chi connectivity index (χ2n) is 23.3. The van der Waals surface area contributed by atoms with Crippen molar-refractivity contribution in [3.05, 3.63) is 149 Å². The third kappa shape index (κ3) is 5.32. The molecule has 1 N–H and O–H groups in total. The van der Waals surface area contributed by atoms with Crippen LogP contribution in [-0.4, -0.2) is 12.3 Å². The van der Waals surface area contributed by atoms with Crippen LogP contribution in [0.25, 0.3) is 65.8 Å². The van der Waals surface area contributed by atoms with Crippen molar-refractivity contribution in [2.75, 3.05) is 4.90 Å². The van der Waals surface area contributed by atoms with Crippen LogP contribution in [0.15, 0.2) is 120 Å². The first-order chi connectivity index (χ1) is 30.9. The molecule has 9 aromatic rings. The molecule has 0 spiro atoms. The zero-order valence-corrected chi connectivity index (χ0v) is 39.7. The number of para-hydroxylation sites is 1. The second kappa shape index (κ2) is 12.7. The number of furan rings is 1. The number of rotatable bonds is 2. The molecule has 65 heavy (non-hydrogen) atoms. The molecule has 0 unspecified atom stereocenters. The van der Waals surface area contributed by atoms with Crippen LogP contribution < -0.4 is 16.0 Å². The number of aromatic nitrogens is 1. The molecular weight excluding hydrogens is 787 g/mol. The van der Waals surface area contributed by atoms with Gasteiger partial charge in [0.25, 0.3) is 0 Å². The first-order valence-electron chi connectivity index (χ1n) is 24.1. The highest BCUT2D eigenvalue weighted by molar-refractivity contribution is 6.73. The fraction of sp³-hybridized carbons (Fsp3) is 0.311. The molecule has 3 nitrogen and oxygen atoms in total. The molecule has 0 saturated heterocycles. The standard InChI is InChI=1S/C61H58BN2O/c1-57(2)24-25-58(3,4)44-30-36(22-23-43(44)57)64-49-32-47-51(38-18-13-14-21-42(38)61(47,9)10)52(39-20-15-19-37-40-28-34-16-11-12-17-35(34)29-48(40)63-54(37)39)53(49)62-56-55(64)41-31-45-46(33-50(41)65-56)60(7,8)27-26-59(45,5)6/h11-23,28-33,63H,24-27H2,1-10H3. The maximum atomic E-state index is 7.31. The lowest BCUT2D eigenvalue weighted by molar-refractivity contribution is 0.332. The number of nitrogens with zero attached hydrogens (tertiary/aromatic N) is 1. The normalized spacial score (nSPS) is 19.1. The Kier molecular flexibility index (Phi) is 7.67. The predicted molar refractivity (Wildman–Crippen MR) is 276 cm³/mol. The summed E-state index contributed by atoms with van der Waals surface area (Å²) in [5.41, 5.74) is 22.7. The Labute approximate surface area is 384 Å². The molecule has 4 heteroatoms. The van der Waals surface area contributed by atoms with Gasteiger partial charge in [0.1, 0.15) is 5.58 Å². The van der Waals surface area contributed by atoms with Crippen LogP contribution in [0.4, 0.5) is 17.1 Å². The van der Waals surface area contributed by atoms with E-state index in [4.69, 9.17) is 4.42 Å². The first-order valence-corrected chi connectivity index (χ1v) is 24.1. The van der Waals surface area contributed by atoms with Crippen molar-refractivity contribution >= 4 is 79.0 Å². The molecule has 4 aliphatic rings. The van der Waals surface area contributed by atoms with Crippen LogP contribution in [0.5, 0.6) is 0 Å². The highest BCUT2D eigenvalue weighted by Crippen LogP contribution is 2.57. The Morgan fingerprint density at radius 3 is 1.88 bits per heavy atom. The minimum atomic E-state index is -0.233. The lowest BCUT2D eigenvalue weighted by atomic mass is 9.59. The maximum absolute atomic E-state index is 7.31. The Morgan fingerprint density at radius 1 is 0.508 bits per heavy atom. The van der Waals surface area contributed by atoms with Gasteiger partial charge in [-0.25, -0.2) is 0 Å². The predicted octanol–water partition coefficient (Wildman–Crippen LogP) is 15.3. The summed E-state index contributed by atoms with van der Waals surface area (Å²) < 4.78 is 7.31. The van der Waals surface area contributed by atoms with Crippen LogP contribution in [0, 0.1) is 0 Å². The van der Waals surface area contributed by atoms with Crippen molar-refractivity contribution in [1.29, 1.82) is 0 Å². The summed E-state index contributed by atoms with van der Waals surface area (Å²) in [6.45, 7) is 24.3. The molecule has 7 aromatic carbocycles. The topological polar surface area (TPSA) is 32.2 Å². The molecular formula is C61H58BN2O. The van der Waals surface area contributed by atoms with Gasteiger partial charge in [-0.15, -0.1) is 0 Å². The van der Waals surface area contributed by atoms with Gasteiger partial charge in [-0.3, -0.25) is 0 Å². The van der Waals surface area contributed by atoms with E-state index in [-0.39, 0.29) is 27.1 Å². The first kappa shape index (κ1) is 39.4. The van der Waals surface area contributed by atoms with E-state index in [9.17, 15) is 0 Å². The number of benzene rings is 7. The van der Waals surface area contributed by atoms with Crippen LogP contribution in [0.2, 0.25) is 0 Å². The highest BCUT2D eigenvalue weighted by atomic mass is 16.3. The van der Waals surface area contributed by atoms with Crippen molar-refractivity contribution < 1.29 is 4.42 Å². The van der Waals surface area contributed by atoms with Gasteiger partial charge in [0.2, 0.25) is 7.28 Å². The van der Waals surface area contributed by atoms with Crippen molar-refractivity contribution in [3.8, 4) is 22.3 Å². The van der Waals surface area contributed by atoms with Gasteiger partial charge in [0.05, 0.1) is 16.9 Å². The number of H-pyrrole nitrogens is 1. The summed E-state index contributed by atoms with van der Waals surface area (Å²) in [6, 6.07) is 44.4. The van der Waals surface area contributed by atoms with E-state index >= 15 is 0 Å². The second-order valence-corrected chi connectivity index (χ2v) is 23.3. The van der Waals surface area contributed by atoms with Crippen LogP contribution in [0.3, 0.4) is 0 Å². The minimum absolute atomic E-state index is 0.0460. The van der Waals surface area contributed by atoms with E-state index < -0.39 is 0 Å². The molecule has 13 rings (SSSR count). The minimum Gasteiger partial charge on any atom is -0.469 e. The Morgan fingerprint density at radius 2 is 1.14 bits per heavy atom. The summed E-state index contributed by atoms with van der Waals surface area (Å²) >= 11 is 0. The molecule has 0 amide bonds. The fourth-order valence-electron chi connectivity index (χ4n) is 13.0. The summed E-state index contributed by atoms with van der Waals surface area (Å²) in [4.78, 5) is 6.62. The van der Waals surface area contributed by atoms with Gasteiger partial charge in [-0.2, -0.15) is 0 Å². The zero-order chi connectivity index (χ0) is 44.7. The molecule has 0 saturated carbocycles. The maximum Gasteiger partial charge on any atom is 0.247 e. The number of hydrogen-bond acceptors (Lipinski definition) is 2. The number of anilines is 3. The summed E-state index contributed by atoms with van der Waals surface area (Å²) in [6.07, 6.45) is 4.66. The molecule has 3 aliphatic carbocycles. The molecule has 0 atom stereocenters. The van der Waals surface area contributed by atoms with Crippen molar-refractivity contribution in [2.24, 2.45) is 0 Å². The van der Waals surface area contributed by atoms with Gasteiger partial charge in [0.15, 0.2) is 0 Å². The number of nitrogens with one attached hydrogen (secondary N) is 1. The van der Waals surface area contributed by atoms with E-state index in [2.05, 4.69) is 202 Å². The summed E-state index contributed by atoms with van der Waals surface area (Å²) in [5, 5.41) is 6.19. The third-order valence-electron chi connectivity index (χ3n) is 17.2. The molecule has 0 fully saturated rings. The number of hydrogen-bond donors (Lipinski definition) is 1. The SMILES string of the molecule is CC1(C)CCC(C)(C)c2cc(N3c4cc5c(c(-c6cccc7c6[nH]c6cc8ccccc8cc67)c4[B]c4oc6cc7c(cc6c43)C(C)(C)CCC7(C)C)-c3ccccc3C5(C)C)ccc21. The number of fused-ring (bicyclic) bond motifs is 13. The van der Waals surface area contributed by atoms with E-state index in [1.165, 1.54) is 111 Å². The van der Waals surface area contributed by atoms with Gasteiger partial charge >= 0.3 is 0 Å². The lowest BCUT2D eigenvalue weighted by Crippen LogP contribution is -2.41. The Balaban J connectivity index is 1.16. The quantitative estimate of drug-likeness (QED) is 0.176. The molecule has 0 bridgehead atoms. The molecule has 2 aromatic heterocycles. The fourth-order valence-corrected chi connectivity index (χ4v) is 13.0. The van der Waals surface area contributed by atoms with E-state index in [1.54, 1.807) is 0 Å². The molecule has 1 radical (unpaired) electrons. The smallest absolute Gasteiger partial charge is 0.247 e. The van der Waals surface area contributed by atoms with Crippen molar-refractivity contribution in [3.63, 3.8) is 0 Å². The average Bonchev–Trinajstić information content (AvgIpc) is 3.90. The van der Waals surface area contributed by atoms with E-state index in [0.29, 0.717) is 0 Å². The largest absolute Gasteiger partial charge is 0.469 e. The van der Waals surface area contributed by atoms with Gasteiger partial charge in [-0.1, -0.05) is 142 Å². The van der Waals surface area contributed by atoms with E-state index in [0.717, 1.165) is 41.7 Å². The van der Waals surface area contributed by atoms with Gasteiger partial charge < -0.3 is 14.3 Å². The molecule has 321 valence electrons. The van der Waals surface area contributed by atoms with Crippen LogP contribution >= 0.6 is 0 Å². The lowest BCUT2D eigenvalue weighted by Gasteiger charge is -2.43. The van der Waals surface area contributed by atoms with E-state index in [1.807, 2.05) is 0 Å². The van der Waals surface area contributed by atoms with Gasteiger partial charge in [0, 0.05) is 44.0 Å². The molecule has 3 heterocycles. The average molecular weight is 846 g/mol. The van der Waals surface area contributed by atoms with Crippen molar-refractivity contribution in [1.82, 2.24) is 4.98 Å². The van der Waals surface area contributed by atoms with Crippen molar-refractivity contribution in [2.45, 2.75) is 122 Å². The van der Waals surface area contributed by atoms with Gasteiger partial charge in [-0.05, 0) is 156 Å². The summed E-state index contributed by atoms with van der Waals surface area (Å²) in [5.74, 6) is 0. The van der Waals surface area contributed by atoms with Crippen LogP contribution in [0.1, 0.15) is 128 Å². The summed E-state index contributed by atoms with van der Waals surface area (Å²) in [7, 11) is 2.40. The molecule has 1 aliphatic heterocycles. The number of aromatic amines is 1. The highest BCUT2D eigenvalue weighted by Gasteiger charge is 2.45. The zero-order valence-electron chi connectivity index (χ0n) is 39.7. The van der Waals surface area contributed by atoms with Crippen LogP contribution in [-0.2, 0) is 27.1 Å². The Hall–Kier alpha value is -6.00. The Bertz CT molecular complexity index is 3570. The monoisotopic (exact) mass is 845 g/mol. The third-order valence-corrected chi connectivity index (χ3v) is 17.2.